The van der Waals surface area contributed by atoms with Gasteiger partial charge in [0.2, 0.25) is 0 Å². The Morgan fingerprint density at radius 1 is 0.562 bits per heavy atom. The van der Waals surface area contributed by atoms with Crippen molar-refractivity contribution in [3.63, 3.8) is 0 Å². The predicted molar refractivity (Wildman–Crippen MR) is 130 cm³/mol. The van der Waals surface area contributed by atoms with Crippen molar-refractivity contribution < 1.29 is 19.0 Å². The second kappa shape index (κ2) is 14.9. The van der Waals surface area contributed by atoms with Crippen LogP contribution < -0.4 is 9.47 Å². The smallest absolute Gasteiger partial charge is 0.181 e. The van der Waals surface area contributed by atoms with Gasteiger partial charge in [0.15, 0.2) is 12.4 Å². The van der Waals surface area contributed by atoms with E-state index >= 15 is 0 Å². The fraction of sp³-hybridized carbons (Fsp3) is 0.462. The van der Waals surface area contributed by atoms with Crippen LogP contribution in [0, 0.1) is 10.4 Å². The standard InChI is InChI=1S/C26H36N2O4/c1-27(29)21-23-11-15-25(16-12-23)31-19-9-7-5-3-4-6-8-10-20-32-26-17-13-24(14-18-26)22-28(2)30/h11-18,21-22H,3-10,19-20H2,1-2H3/b27-21-,28-22-. The highest BCUT2D eigenvalue weighted by Crippen LogP contribution is 2.14. The van der Waals surface area contributed by atoms with E-state index in [0.717, 1.165) is 58.2 Å². The lowest BCUT2D eigenvalue weighted by atomic mass is 10.1. The molecule has 0 heterocycles. The zero-order valence-corrected chi connectivity index (χ0v) is 19.4. The van der Waals surface area contributed by atoms with Crippen molar-refractivity contribution in [2.45, 2.75) is 51.4 Å². The molecule has 6 heteroatoms. The lowest BCUT2D eigenvalue weighted by molar-refractivity contribution is -0.416. The Kier molecular flexibility index (Phi) is 11.7. The van der Waals surface area contributed by atoms with Gasteiger partial charge in [0.1, 0.15) is 25.6 Å². The Bertz CT molecular complexity index is 750. The molecular weight excluding hydrogens is 404 g/mol. The minimum Gasteiger partial charge on any atom is -0.624 e. The molecule has 0 bridgehead atoms. The van der Waals surface area contributed by atoms with Crippen LogP contribution in [0.3, 0.4) is 0 Å². The molecule has 2 aromatic rings. The molecule has 32 heavy (non-hydrogen) atoms. The summed E-state index contributed by atoms with van der Waals surface area (Å²) in [5, 5.41) is 22.0. The maximum Gasteiger partial charge on any atom is 0.181 e. The first kappa shape index (κ1) is 25.2. The normalized spacial score (nSPS) is 12.1. The number of unbranched alkanes of at least 4 members (excludes halogenated alkanes) is 7. The summed E-state index contributed by atoms with van der Waals surface area (Å²) in [5.41, 5.74) is 1.75. The topological polar surface area (TPSA) is 70.6 Å². The van der Waals surface area contributed by atoms with E-state index in [4.69, 9.17) is 9.47 Å². The minimum absolute atomic E-state index is 0.731. The molecule has 0 aliphatic heterocycles. The lowest BCUT2D eigenvalue weighted by Crippen LogP contribution is -1.99. The van der Waals surface area contributed by atoms with E-state index in [1.165, 1.54) is 65.0 Å². The van der Waals surface area contributed by atoms with E-state index in [-0.39, 0.29) is 0 Å². The molecule has 0 N–H and O–H groups in total. The predicted octanol–water partition coefficient (Wildman–Crippen LogP) is 5.38. The molecule has 174 valence electrons. The molecule has 0 radical (unpaired) electrons. The quantitative estimate of drug-likeness (QED) is 0.122. The second-order valence-corrected chi connectivity index (χ2v) is 8.01. The number of hydrogen-bond donors (Lipinski definition) is 0. The Morgan fingerprint density at radius 2 is 0.875 bits per heavy atom. The molecule has 0 aromatic heterocycles. The molecule has 0 atom stereocenters. The monoisotopic (exact) mass is 440 g/mol. The van der Waals surface area contributed by atoms with E-state index in [1.54, 1.807) is 0 Å². The Labute approximate surface area is 192 Å². The van der Waals surface area contributed by atoms with Gasteiger partial charge in [0.05, 0.1) is 13.2 Å². The number of hydrogen-bond acceptors (Lipinski definition) is 4. The summed E-state index contributed by atoms with van der Waals surface area (Å²) in [4.78, 5) is 0. The van der Waals surface area contributed by atoms with Crippen molar-refractivity contribution in [1.29, 1.82) is 0 Å². The van der Waals surface area contributed by atoms with Gasteiger partial charge in [-0.25, -0.2) is 9.48 Å². The minimum atomic E-state index is 0.731. The summed E-state index contributed by atoms with van der Waals surface area (Å²) in [5.74, 6) is 1.70. The molecule has 0 aliphatic rings. The van der Waals surface area contributed by atoms with Crippen LogP contribution in [0.2, 0.25) is 0 Å². The fourth-order valence-corrected chi connectivity index (χ4v) is 3.36. The van der Waals surface area contributed by atoms with Gasteiger partial charge in [-0.05, 0) is 61.4 Å². The SMILES string of the molecule is C/[N+]([O-])=C/c1ccc(OCCCCCCCCCCOc2ccc(/C=[N+](/C)[O-])cc2)cc1. The molecule has 2 rings (SSSR count). The van der Waals surface area contributed by atoms with E-state index in [0.29, 0.717) is 0 Å². The Balaban J connectivity index is 1.41. The van der Waals surface area contributed by atoms with Crippen LogP contribution in [0.25, 0.3) is 0 Å². The second-order valence-electron chi connectivity index (χ2n) is 8.01. The van der Waals surface area contributed by atoms with Crippen LogP contribution in [0.5, 0.6) is 11.5 Å². The molecule has 0 aliphatic carbocycles. The largest absolute Gasteiger partial charge is 0.624 e. The van der Waals surface area contributed by atoms with Crippen LogP contribution in [-0.2, 0) is 0 Å². The highest BCUT2D eigenvalue weighted by atomic mass is 16.5. The van der Waals surface area contributed by atoms with Crippen LogP contribution >= 0.6 is 0 Å². The van der Waals surface area contributed by atoms with Gasteiger partial charge in [-0.15, -0.1) is 0 Å². The van der Waals surface area contributed by atoms with Crippen molar-refractivity contribution in [2.24, 2.45) is 0 Å². The number of rotatable bonds is 15. The van der Waals surface area contributed by atoms with Gasteiger partial charge in [0.25, 0.3) is 0 Å². The number of ether oxygens (including phenoxy) is 2. The first-order valence-corrected chi connectivity index (χ1v) is 11.5. The van der Waals surface area contributed by atoms with Gasteiger partial charge in [-0.3, -0.25) is 0 Å². The third-order valence-corrected chi connectivity index (χ3v) is 5.00. The van der Waals surface area contributed by atoms with E-state index in [2.05, 4.69) is 0 Å². The lowest BCUT2D eigenvalue weighted by Gasteiger charge is -2.07. The van der Waals surface area contributed by atoms with E-state index in [9.17, 15) is 10.4 Å². The van der Waals surface area contributed by atoms with Crippen molar-refractivity contribution >= 4 is 12.4 Å². The third kappa shape index (κ3) is 11.4. The zero-order valence-electron chi connectivity index (χ0n) is 19.4. The van der Waals surface area contributed by atoms with Crippen molar-refractivity contribution in [3.8, 4) is 11.5 Å². The maximum absolute atomic E-state index is 11.0. The third-order valence-electron chi connectivity index (χ3n) is 5.00. The highest BCUT2D eigenvalue weighted by molar-refractivity contribution is 5.76. The summed E-state index contributed by atoms with van der Waals surface area (Å²) in [6.45, 7) is 1.46. The van der Waals surface area contributed by atoms with Gasteiger partial charge in [-0.1, -0.05) is 38.5 Å². The van der Waals surface area contributed by atoms with Crippen molar-refractivity contribution in [1.82, 2.24) is 0 Å². The molecule has 0 amide bonds. The van der Waals surface area contributed by atoms with E-state index in [1.807, 2.05) is 48.5 Å². The van der Waals surface area contributed by atoms with Crippen molar-refractivity contribution in [3.05, 3.63) is 70.1 Å². The molecule has 0 spiro atoms. The number of benzene rings is 2. The summed E-state index contributed by atoms with van der Waals surface area (Å²) in [6, 6.07) is 15.2. The van der Waals surface area contributed by atoms with Gasteiger partial charge >= 0.3 is 0 Å². The van der Waals surface area contributed by atoms with Crippen LogP contribution in [-0.4, -0.2) is 49.2 Å². The Hall–Kier alpha value is -3.02. The zero-order chi connectivity index (χ0) is 23.0. The van der Waals surface area contributed by atoms with Crippen LogP contribution in [0.1, 0.15) is 62.5 Å². The van der Waals surface area contributed by atoms with E-state index < -0.39 is 0 Å². The Morgan fingerprint density at radius 3 is 1.19 bits per heavy atom. The molecule has 2 aromatic carbocycles. The first-order chi connectivity index (χ1) is 15.5. The molecule has 0 unspecified atom stereocenters. The molecule has 0 saturated carbocycles. The summed E-state index contributed by atoms with van der Waals surface area (Å²) in [6.07, 6.45) is 12.6. The maximum atomic E-state index is 11.0. The van der Waals surface area contributed by atoms with Crippen LogP contribution in [0.4, 0.5) is 0 Å². The molecular formula is C26H36N2O4. The fourth-order valence-electron chi connectivity index (χ4n) is 3.36. The molecule has 0 fully saturated rings. The van der Waals surface area contributed by atoms with Gasteiger partial charge in [-0.2, -0.15) is 0 Å². The average Bonchev–Trinajstić information content (AvgIpc) is 2.76. The van der Waals surface area contributed by atoms with Crippen molar-refractivity contribution in [2.75, 3.05) is 27.3 Å². The molecule has 0 saturated heterocycles. The average molecular weight is 441 g/mol. The number of hydroxylamine groups is 2. The molecule has 6 nitrogen and oxygen atoms in total. The summed E-state index contributed by atoms with van der Waals surface area (Å²) in [7, 11) is 2.94. The summed E-state index contributed by atoms with van der Waals surface area (Å²) >= 11 is 0. The number of nitrogens with zero attached hydrogens (tertiary/aromatic N) is 2. The first-order valence-electron chi connectivity index (χ1n) is 11.5. The van der Waals surface area contributed by atoms with Gasteiger partial charge < -0.3 is 19.9 Å². The van der Waals surface area contributed by atoms with Gasteiger partial charge in [0, 0.05) is 11.1 Å². The summed E-state index contributed by atoms with van der Waals surface area (Å²) < 4.78 is 13.1. The van der Waals surface area contributed by atoms with Crippen LogP contribution in [0.15, 0.2) is 48.5 Å². The highest BCUT2D eigenvalue weighted by Gasteiger charge is 1.99.